The number of aromatic carboxylic acids is 1. The number of morpholine rings is 2. The number of benzene rings is 1. The van der Waals surface area contributed by atoms with Crippen molar-refractivity contribution in [3.63, 3.8) is 0 Å². The van der Waals surface area contributed by atoms with Crippen LogP contribution in [0.1, 0.15) is 29.2 Å². The molecule has 5 fully saturated rings. The van der Waals surface area contributed by atoms with Crippen molar-refractivity contribution in [3.8, 4) is 0 Å². The summed E-state index contributed by atoms with van der Waals surface area (Å²) in [7, 11) is 0. The molecule has 10 nitrogen and oxygen atoms in total. The molecule has 4 N–H and O–H groups in total. The molecule has 5 heterocycles. The van der Waals surface area contributed by atoms with E-state index in [2.05, 4.69) is 16.0 Å². The van der Waals surface area contributed by atoms with Gasteiger partial charge in [-0.25, -0.2) is 13.6 Å². The number of aromatic nitrogens is 1. The molecule has 2 aromatic rings. The predicted molar refractivity (Wildman–Crippen MR) is 131 cm³/mol. The average Bonchev–Trinajstić information content (AvgIpc) is 3.46. The lowest BCUT2D eigenvalue weighted by Gasteiger charge is -2.25. The van der Waals surface area contributed by atoms with Crippen LogP contribution in [0.25, 0.3) is 10.9 Å². The number of nitrogens with one attached hydrogen (secondary N) is 3. The highest BCUT2D eigenvalue weighted by Gasteiger charge is 2.39. The van der Waals surface area contributed by atoms with E-state index in [1.807, 2.05) is 0 Å². The number of rotatable bonds is 3. The van der Waals surface area contributed by atoms with Crippen LogP contribution in [0.2, 0.25) is 0 Å². The summed E-state index contributed by atoms with van der Waals surface area (Å²) in [4.78, 5) is 25.6. The Morgan fingerprint density at radius 3 is 2.43 bits per heavy atom. The van der Waals surface area contributed by atoms with Gasteiger partial charge in [-0.05, 0) is 18.9 Å². The van der Waals surface area contributed by atoms with Crippen molar-refractivity contribution in [3.05, 3.63) is 39.7 Å². The van der Waals surface area contributed by atoms with Gasteiger partial charge in [-0.1, -0.05) is 0 Å². The molecule has 1 aromatic heterocycles. The molecule has 4 aliphatic heterocycles. The molecular formula is C25H31F2N5O5. The first kappa shape index (κ1) is 24.7. The van der Waals surface area contributed by atoms with Gasteiger partial charge in [-0.15, -0.1) is 0 Å². The lowest BCUT2D eigenvalue weighted by Crippen LogP contribution is -2.47. The Kier molecular flexibility index (Phi) is 6.61. The lowest BCUT2D eigenvalue weighted by atomic mass is 10.1. The highest BCUT2D eigenvalue weighted by Crippen LogP contribution is 2.40. The minimum atomic E-state index is -1.40. The summed E-state index contributed by atoms with van der Waals surface area (Å²) >= 11 is 0. The van der Waals surface area contributed by atoms with Gasteiger partial charge in [0.05, 0.1) is 42.4 Å². The van der Waals surface area contributed by atoms with Crippen molar-refractivity contribution in [1.82, 2.24) is 20.5 Å². The monoisotopic (exact) mass is 519 g/mol. The second-order valence-electron chi connectivity index (χ2n) is 10.2. The Morgan fingerprint density at radius 1 is 1.03 bits per heavy atom. The van der Waals surface area contributed by atoms with Crippen molar-refractivity contribution in [1.29, 1.82) is 0 Å². The molecule has 0 bridgehead atoms. The van der Waals surface area contributed by atoms with E-state index in [9.17, 15) is 19.1 Å². The van der Waals surface area contributed by atoms with Crippen LogP contribution in [0.5, 0.6) is 0 Å². The van der Waals surface area contributed by atoms with Crippen LogP contribution in [-0.2, 0) is 9.47 Å². The number of anilines is 1. The van der Waals surface area contributed by atoms with Gasteiger partial charge in [0, 0.05) is 57.5 Å². The fourth-order valence-corrected chi connectivity index (χ4v) is 5.78. The highest BCUT2D eigenvalue weighted by atomic mass is 19.1. The number of fused-ring (bicyclic) bond motifs is 3. The lowest BCUT2D eigenvalue weighted by molar-refractivity contribution is 0.0207. The quantitative estimate of drug-likeness (QED) is 0.458. The number of halogens is 2. The van der Waals surface area contributed by atoms with E-state index in [4.69, 9.17) is 9.47 Å². The summed E-state index contributed by atoms with van der Waals surface area (Å²) in [5.74, 6) is -3.10. The predicted octanol–water partition coefficient (Wildman–Crippen LogP) is 0.436. The molecule has 200 valence electrons. The molecule has 1 aromatic carbocycles. The van der Waals surface area contributed by atoms with E-state index in [1.54, 1.807) is 4.90 Å². The number of hydrogen-bond acceptors (Lipinski definition) is 8. The Labute approximate surface area is 211 Å². The number of ether oxygens (including phenoxy) is 2. The van der Waals surface area contributed by atoms with Crippen LogP contribution < -0.4 is 26.3 Å². The first-order valence-electron chi connectivity index (χ1n) is 12.9. The molecule has 5 aliphatic rings. The third-order valence-corrected chi connectivity index (χ3v) is 7.78. The number of pyridine rings is 1. The maximum absolute atomic E-state index is 15.6. The first-order chi connectivity index (χ1) is 17.9. The van der Waals surface area contributed by atoms with Gasteiger partial charge < -0.3 is 40.0 Å². The molecule has 0 unspecified atom stereocenters. The van der Waals surface area contributed by atoms with E-state index in [-0.39, 0.29) is 34.8 Å². The fraction of sp³-hybridized carbons (Fsp3) is 0.600. The SMILES string of the molecule is C1CO[C@H]2CNC[C@H]2N1.O=C(O)c1cn(C2CC2)c2c(F)c(N3C[C@@H]4OCCN[C@@H]4C3)c(F)cc2c1=O. The molecule has 0 amide bonds. The van der Waals surface area contributed by atoms with Gasteiger partial charge >= 0.3 is 5.97 Å². The van der Waals surface area contributed by atoms with Gasteiger partial charge in [0.1, 0.15) is 17.1 Å². The molecule has 0 spiro atoms. The minimum absolute atomic E-state index is 0.0109. The van der Waals surface area contributed by atoms with Crippen LogP contribution in [0, 0.1) is 11.6 Å². The molecule has 12 heteroatoms. The van der Waals surface area contributed by atoms with E-state index in [1.165, 1.54) is 10.8 Å². The Hall–Kier alpha value is -2.64. The van der Waals surface area contributed by atoms with Crippen molar-refractivity contribution in [2.24, 2.45) is 0 Å². The zero-order valence-electron chi connectivity index (χ0n) is 20.3. The van der Waals surface area contributed by atoms with Crippen molar-refractivity contribution in [2.75, 3.05) is 57.4 Å². The van der Waals surface area contributed by atoms with Gasteiger partial charge in [0.25, 0.3) is 0 Å². The van der Waals surface area contributed by atoms with Gasteiger partial charge in [-0.3, -0.25) is 4.79 Å². The Morgan fingerprint density at radius 2 is 1.76 bits per heavy atom. The third-order valence-electron chi connectivity index (χ3n) is 7.78. The number of carboxylic acid groups (broad SMARTS) is 1. The second kappa shape index (κ2) is 9.91. The highest BCUT2D eigenvalue weighted by molar-refractivity contribution is 5.94. The summed E-state index contributed by atoms with van der Waals surface area (Å²) < 4.78 is 43.1. The maximum atomic E-state index is 15.6. The average molecular weight is 520 g/mol. The Bertz CT molecular complexity index is 1240. The molecule has 37 heavy (non-hydrogen) atoms. The summed E-state index contributed by atoms with van der Waals surface area (Å²) in [5.41, 5.74) is -1.57. The molecule has 0 radical (unpaired) electrons. The van der Waals surface area contributed by atoms with Crippen LogP contribution >= 0.6 is 0 Å². The fourth-order valence-electron chi connectivity index (χ4n) is 5.78. The number of nitrogens with zero attached hydrogens (tertiary/aromatic N) is 2. The number of hydrogen-bond donors (Lipinski definition) is 4. The minimum Gasteiger partial charge on any atom is -0.477 e. The Balaban J connectivity index is 0.000000235. The van der Waals surface area contributed by atoms with Crippen molar-refractivity contribution >= 4 is 22.6 Å². The second-order valence-corrected chi connectivity index (χ2v) is 10.2. The summed E-state index contributed by atoms with van der Waals surface area (Å²) in [6, 6.07) is 1.46. The van der Waals surface area contributed by atoms with Crippen LogP contribution in [0.15, 0.2) is 17.1 Å². The van der Waals surface area contributed by atoms with E-state index >= 15 is 4.39 Å². The largest absolute Gasteiger partial charge is 0.477 e. The van der Waals surface area contributed by atoms with Crippen LogP contribution in [-0.4, -0.2) is 92.4 Å². The smallest absolute Gasteiger partial charge is 0.341 e. The molecule has 1 saturated carbocycles. The number of carbonyl (C=O) groups is 1. The zero-order chi connectivity index (χ0) is 25.7. The van der Waals surface area contributed by atoms with Crippen LogP contribution in [0.3, 0.4) is 0 Å². The van der Waals surface area contributed by atoms with E-state index < -0.39 is 28.6 Å². The van der Waals surface area contributed by atoms with E-state index in [0.717, 1.165) is 45.1 Å². The first-order valence-corrected chi connectivity index (χ1v) is 12.9. The van der Waals surface area contributed by atoms with Crippen molar-refractivity contribution < 1.29 is 28.2 Å². The molecule has 4 saturated heterocycles. The zero-order valence-corrected chi connectivity index (χ0v) is 20.3. The summed E-state index contributed by atoms with van der Waals surface area (Å²) in [6.07, 6.45) is 3.00. The standard InChI is InChI=1S/C19H19F2N3O4.C6H12N2O/c20-12-5-10-16(24(9-1-2-9)6-11(18(10)25)19(26)27)15(21)17(12)23-7-13-14(8-23)28-4-3-22-13;1-2-9-6-4-7-3-5(6)8-1/h5-6,9,13-14,22H,1-4,7-8H2,(H,26,27);5-8H,1-4H2/t13-,14+;5-,6+/m11/s1. The topological polar surface area (TPSA) is 117 Å². The van der Waals surface area contributed by atoms with Gasteiger partial charge in [-0.2, -0.15) is 0 Å². The van der Waals surface area contributed by atoms with Gasteiger partial charge in [0.15, 0.2) is 5.82 Å². The third kappa shape index (κ3) is 4.61. The van der Waals surface area contributed by atoms with E-state index in [0.29, 0.717) is 38.4 Å². The molecule has 7 rings (SSSR count). The summed E-state index contributed by atoms with van der Waals surface area (Å²) in [6.45, 7) is 5.98. The van der Waals surface area contributed by atoms with Crippen LogP contribution in [0.4, 0.5) is 14.5 Å². The molecular weight excluding hydrogens is 488 g/mol. The number of carboxylic acids is 1. The van der Waals surface area contributed by atoms with Gasteiger partial charge in [0.2, 0.25) is 5.43 Å². The summed E-state index contributed by atoms with van der Waals surface area (Å²) in [5, 5.41) is 19.0. The van der Waals surface area contributed by atoms with Crippen molar-refractivity contribution in [2.45, 2.75) is 43.2 Å². The normalized spacial score (nSPS) is 29.0. The molecule has 1 aliphatic carbocycles. The molecule has 4 atom stereocenters. The maximum Gasteiger partial charge on any atom is 0.341 e.